The molecule has 2 aromatic heterocycles. The van der Waals surface area contributed by atoms with Crippen molar-refractivity contribution < 1.29 is 8.42 Å². The van der Waals surface area contributed by atoms with Crippen LogP contribution in [0.15, 0.2) is 40.6 Å². The fraction of sp³-hybridized carbons (Fsp3) is 0.235. The number of sulfonamides is 1. The lowest BCUT2D eigenvalue weighted by atomic mass is 10.1. The van der Waals surface area contributed by atoms with Gasteiger partial charge in [-0.05, 0) is 38.5 Å². The van der Waals surface area contributed by atoms with E-state index in [1.165, 1.54) is 22.7 Å². The lowest BCUT2D eigenvalue weighted by Crippen LogP contribution is -2.22. The Bertz CT molecular complexity index is 971. The molecular weight excluding hydrogens is 360 g/mol. The molecule has 1 N–H and O–H groups in total. The van der Waals surface area contributed by atoms with Gasteiger partial charge in [-0.25, -0.2) is 18.1 Å². The van der Waals surface area contributed by atoms with Gasteiger partial charge in [-0.2, -0.15) is 0 Å². The first-order valence-corrected chi connectivity index (χ1v) is 10.6. The maximum atomic E-state index is 12.3. The number of benzene rings is 1. The zero-order valence-corrected chi connectivity index (χ0v) is 16.1. The van der Waals surface area contributed by atoms with Crippen molar-refractivity contribution in [1.29, 1.82) is 0 Å². The Labute approximate surface area is 150 Å². The molecule has 0 radical (unpaired) electrons. The standard InChI is InChI=1S/C17H18N2O2S3/c1-11-6-4-5-7-14(11)17-19-13(3)15(23-17)10-18-24(20,21)16-9-8-12(2)22-16/h4-9,18H,10H2,1-3H3. The Morgan fingerprint density at radius 3 is 2.46 bits per heavy atom. The number of thiophene rings is 1. The van der Waals surface area contributed by atoms with Crippen molar-refractivity contribution in [3.05, 3.63) is 57.4 Å². The maximum absolute atomic E-state index is 12.3. The van der Waals surface area contributed by atoms with Crippen LogP contribution in [-0.2, 0) is 16.6 Å². The largest absolute Gasteiger partial charge is 0.250 e. The number of nitrogens with one attached hydrogen (secondary N) is 1. The van der Waals surface area contributed by atoms with Gasteiger partial charge < -0.3 is 0 Å². The van der Waals surface area contributed by atoms with E-state index in [-0.39, 0.29) is 6.54 Å². The molecule has 7 heteroatoms. The number of hydrogen-bond acceptors (Lipinski definition) is 5. The first kappa shape index (κ1) is 17.3. The molecule has 0 aliphatic rings. The molecule has 0 aliphatic heterocycles. The van der Waals surface area contributed by atoms with Gasteiger partial charge >= 0.3 is 0 Å². The van der Waals surface area contributed by atoms with Crippen LogP contribution in [-0.4, -0.2) is 13.4 Å². The van der Waals surface area contributed by atoms with Crippen molar-refractivity contribution in [2.45, 2.75) is 31.5 Å². The Morgan fingerprint density at radius 2 is 1.79 bits per heavy atom. The van der Waals surface area contributed by atoms with E-state index in [4.69, 9.17) is 0 Å². The molecule has 0 saturated carbocycles. The topological polar surface area (TPSA) is 59.1 Å². The highest BCUT2D eigenvalue weighted by atomic mass is 32.2. The van der Waals surface area contributed by atoms with Crippen molar-refractivity contribution >= 4 is 32.7 Å². The Hall–Kier alpha value is -1.54. The Morgan fingerprint density at radius 1 is 1.04 bits per heavy atom. The summed E-state index contributed by atoms with van der Waals surface area (Å²) < 4.78 is 27.7. The average molecular weight is 379 g/mol. The van der Waals surface area contributed by atoms with Crippen LogP contribution >= 0.6 is 22.7 Å². The van der Waals surface area contributed by atoms with E-state index < -0.39 is 10.0 Å². The highest BCUT2D eigenvalue weighted by Crippen LogP contribution is 2.30. The molecule has 0 fully saturated rings. The van der Waals surface area contributed by atoms with Crippen LogP contribution in [0.25, 0.3) is 10.6 Å². The number of thiazole rings is 1. The summed E-state index contributed by atoms with van der Waals surface area (Å²) in [5, 5.41) is 0.923. The van der Waals surface area contributed by atoms with Gasteiger partial charge in [0.05, 0.1) is 5.69 Å². The summed E-state index contributed by atoms with van der Waals surface area (Å²) in [6, 6.07) is 11.5. The van der Waals surface area contributed by atoms with E-state index in [1.54, 1.807) is 6.07 Å². The van der Waals surface area contributed by atoms with Gasteiger partial charge in [-0.1, -0.05) is 24.3 Å². The molecule has 0 unspecified atom stereocenters. The van der Waals surface area contributed by atoms with Crippen LogP contribution in [0, 0.1) is 20.8 Å². The quantitative estimate of drug-likeness (QED) is 0.721. The van der Waals surface area contributed by atoms with Gasteiger partial charge in [0.1, 0.15) is 9.22 Å². The predicted molar refractivity (Wildman–Crippen MR) is 100 cm³/mol. The monoisotopic (exact) mass is 378 g/mol. The SMILES string of the molecule is Cc1ccc(S(=O)(=O)NCc2sc(-c3ccccc3C)nc2C)s1. The van der Waals surface area contributed by atoms with E-state index in [9.17, 15) is 8.42 Å². The summed E-state index contributed by atoms with van der Waals surface area (Å²) >= 11 is 2.81. The van der Waals surface area contributed by atoms with Crippen molar-refractivity contribution in [1.82, 2.24) is 9.71 Å². The van der Waals surface area contributed by atoms with Gasteiger partial charge in [0.25, 0.3) is 0 Å². The van der Waals surface area contributed by atoms with Crippen LogP contribution in [0.1, 0.15) is 21.0 Å². The molecule has 2 heterocycles. The highest BCUT2D eigenvalue weighted by Gasteiger charge is 2.18. The Kier molecular flexibility index (Phi) is 4.87. The van der Waals surface area contributed by atoms with E-state index in [0.29, 0.717) is 4.21 Å². The number of rotatable bonds is 5. The molecule has 0 bridgehead atoms. The van der Waals surface area contributed by atoms with Crippen LogP contribution in [0.5, 0.6) is 0 Å². The van der Waals surface area contributed by atoms with Gasteiger partial charge in [-0.3, -0.25) is 0 Å². The lowest BCUT2D eigenvalue weighted by Gasteiger charge is -2.03. The predicted octanol–water partition coefficient (Wildman–Crippen LogP) is 4.28. The number of nitrogens with zero attached hydrogens (tertiary/aromatic N) is 1. The highest BCUT2D eigenvalue weighted by molar-refractivity contribution is 7.91. The second-order valence-corrected chi connectivity index (χ2v) is 9.90. The third-order valence-corrected chi connectivity index (χ3v) is 7.76. The molecule has 126 valence electrons. The number of aromatic nitrogens is 1. The second-order valence-electron chi connectivity index (χ2n) is 5.53. The summed E-state index contributed by atoms with van der Waals surface area (Å²) in [7, 11) is -3.47. The van der Waals surface area contributed by atoms with Gasteiger partial charge in [0.2, 0.25) is 10.0 Å². The fourth-order valence-corrected chi connectivity index (χ4v) is 5.82. The van der Waals surface area contributed by atoms with Crippen LogP contribution in [0.3, 0.4) is 0 Å². The van der Waals surface area contributed by atoms with E-state index in [2.05, 4.69) is 9.71 Å². The summed E-state index contributed by atoms with van der Waals surface area (Å²) in [6.45, 7) is 6.12. The summed E-state index contributed by atoms with van der Waals surface area (Å²) in [4.78, 5) is 6.52. The van der Waals surface area contributed by atoms with Crippen molar-refractivity contribution in [3.63, 3.8) is 0 Å². The number of hydrogen-bond donors (Lipinski definition) is 1. The molecule has 0 saturated heterocycles. The molecule has 1 aromatic carbocycles. The van der Waals surface area contributed by atoms with Crippen LogP contribution in [0.2, 0.25) is 0 Å². The molecule has 0 atom stereocenters. The minimum atomic E-state index is -3.47. The Balaban J connectivity index is 1.81. The first-order valence-electron chi connectivity index (χ1n) is 7.45. The van der Waals surface area contributed by atoms with Crippen molar-refractivity contribution in [3.8, 4) is 10.6 Å². The summed E-state index contributed by atoms with van der Waals surface area (Å²) in [6.07, 6.45) is 0. The smallest absolute Gasteiger partial charge is 0.241 e. The number of aryl methyl sites for hydroxylation is 3. The van der Waals surface area contributed by atoms with E-state index in [0.717, 1.165) is 31.6 Å². The van der Waals surface area contributed by atoms with E-state index in [1.807, 2.05) is 51.1 Å². The minimum Gasteiger partial charge on any atom is -0.241 e. The molecule has 0 aliphatic carbocycles. The second kappa shape index (κ2) is 6.76. The molecule has 4 nitrogen and oxygen atoms in total. The normalized spacial score (nSPS) is 11.8. The van der Waals surface area contributed by atoms with Crippen molar-refractivity contribution in [2.75, 3.05) is 0 Å². The minimum absolute atomic E-state index is 0.259. The zero-order chi connectivity index (χ0) is 17.3. The zero-order valence-electron chi connectivity index (χ0n) is 13.7. The van der Waals surface area contributed by atoms with Gasteiger partial charge in [0, 0.05) is 21.9 Å². The molecule has 0 spiro atoms. The average Bonchev–Trinajstić information content (AvgIpc) is 3.12. The first-order chi connectivity index (χ1) is 11.4. The van der Waals surface area contributed by atoms with Crippen LogP contribution in [0.4, 0.5) is 0 Å². The van der Waals surface area contributed by atoms with E-state index >= 15 is 0 Å². The summed E-state index contributed by atoms with van der Waals surface area (Å²) in [5.74, 6) is 0. The third kappa shape index (κ3) is 3.59. The van der Waals surface area contributed by atoms with Gasteiger partial charge in [0.15, 0.2) is 0 Å². The third-order valence-electron chi connectivity index (χ3n) is 3.67. The molecule has 3 rings (SSSR count). The van der Waals surface area contributed by atoms with Crippen LogP contribution < -0.4 is 4.72 Å². The van der Waals surface area contributed by atoms with Crippen molar-refractivity contribution in [2.24, 2.45) is 0 Å². The van der Waals surface area contributed by atoms with Gasteiger partial charge in [-0.15, -0.1) is 22.7 Å². The molecule has 24 heavy (non-hydrogen) atoms. The molecule has 0 amide bonds. The maximum Gasteiger partial charge on any atom is 0.250 e. The molecule has 3 aromatic rings. The molecular formula is C17H18N2O2S3. The summed E-state index contributed by atoms with van der Waals surface area (Å²) in [5.41, 5.74) is 3.12. The lowest BCUT2D eigenvalue weighted by molar-refractivity contribution is 0.584. The fourth-order valence-electron chi connectivity index (χ4n) is 2.31.